The SMILES string of the molecule is CCn1nc(CC(C)C(C)Br)c2ccccc21. The molecule has 0 fully saturated rings. The van der Waals surface area contributed by atoms with Crippen LogP contribution in [-0.4, -0.2) is 14.6 Å². The number of hydrogen-bond acceptors (Lipinski definition) is 1. The number of alkyl halides is 1. The standard InChI is InChI=1S/C14H19BrN2/c1-4-17-14-8-6-5-7-12(14)13(16-17)9-10(2)11(3)15/h5-8,10-11H,4,9H2,1-3H3. The monoisotopic (exact) mass is 294 g/mol. The Bertz CT molecular complexity index is 502. The lowest BCUT2D eigenvalue weighted by Gasteiger charge is -2.12. The highest BCUT2D eigenvalue weighted by Gasteiger charge is 2.15. The molecule has 0 aliphatic carbocycles. The number of benzene rings is 1. The van der Waals surface area contributed by atoms with E-state index in [0.29, 0.717) is 10.7 Å². The second-order valence-electron chi connectivity index (χ2n) is 4.64. The van der Waals surface area contributed by atoms with E-state index in [4.69, 9.17) is 5.10 Å². The third kappa shape index (κ3) is 2.54. The van der Waals surface area contributed by atoms with Crippen LogP contribution in [0.15, 0.2) is 24.3 Å². The Hall–Kier alpha value is -0.830. The predicted octanol–water partition coefficient (Wildman–Crippen LogP) is 4.02. The summed E-state index contributed by atoms with van der Waals surface area (Å²) in [6, 6.07) is 8.50. The molecule has 0 spiro atoms. The Balaban J connectivity index is 2.40. The Labute approximate surface area is 111 Å². The normalized spacial score (nSPS) is 15.1. The van der Waals surface area contributed by atoms with Gasteiger partial charge in [0.2, 0.25) is 0 Å². The summed E-state index contributed by atoms with van der Waals surface area (Å²) in [6.45, 7) is 7.53. The van der Waals surface area contributed by atoms with Gasteiger partial charge in [0.15, 0.2) is 0 Å². The van der Waals surface area contributed by atoms with Crippen LogP contribution in [0.5, 0.6) is 0 Å². The van der Waals surface area contributed by atoms with Gasteiger partial charge in [0.25, 0.3) is 0 Å². The molecular weight excluding hydrogens is 276 g/mol. The first-order valence-corrected chi connectivity index (χ1v) is 7.13. The van der Waals surface area contributed by atoms with Crippen molar-refractivity contribution in [1.82, 2.24) is 9.78 Å². The maximum atomic E-state index is 4.73. The van der Waals surface area contributed by atoms with Gasteiger partial charge in [0, 0.05) is 16.8 Å². The fourth-order valence-corrected chi connectivity index (χ4v) is 2.24. The molecule has 2 aromatic rings. The first-order chi connectivity index (χ1) is 8.13. The van der Waals surface area contributed by atoms with Crippen LogP contribution in [0.1, 0.15) is 26.5 Å². The number of aromatic nitrogens is 2. The fraction of sp³-hybridized carbons (Fsp3) is 0.500. The van der Waals surface area contributed by atoms with Gasteiger partial charge < -0.3 is 0 Å². The molecule has 92 valence electrons. The van der Waals surface area contributed by atoms with Gasteiger partial charge >= 0.3 is 0 Å². The topological polar surface area (TPSA) is 17.8 Å². The maximum absolute atomic E-state index is 4.73. The summed E-state index contributed by atoms with van der Waals surface area (Å²) in [5.74, 6) is 0.596. The van der Waals surface area contributed by atoms with E-state index in [2.05, 4.69) is 65.6 Å². The van der Waals surface area contributed by atoms with Gasteiger partial charge in [0.05, 0.1) is 11.2 Å². The second-order valence-corrected chi connectivity index (χ2v) is 6.08. The van der Waals surface area contributed by atoms with Crippen LogP contribution >= 0.6 is 15.9 Å². The molecule has 0 saturated heterocycles. The van der Waals surface area contributed by atoms with E-state index in [0.717, 1.165) is 13.0 Å². The van der Waals surface area contributed by atoms with Gasteiger partial charge in [-0.2, -0.15) is 5.10 Å². The molecule has 2 atom stereocenters. The minimum Gasteiger partial charge on any atom is -0.265 e. The van der Waals surface area contributed by atoms with E-state index in [1.807, 2.05) is 0 Å². The van der Waals surface area contributed by atoms with Crippen molar-refractivity contribution < 1.29 is 0 Å². The number of aryl methyl sites for hydroxylation is 1. The third-order valence-electron chi connectivity index (χ3n) is 3.33. The fourth-order valence-electron chi connectivity index (χ4n) is 2.06. The Morgan fingerprint density at radius 3 is 2.65 bits per heavy atom. The molecule has 0 bridgehead atoms. The largest absolute Gasteiger partial charge is 0.265 e. The molecule has 1 aromatic heterocycles. The van der Waals surface area contributed by atoms with E-state index < -0.39 is 0 Å². The van der Waals surface area contributed by atoms with Crippen LogP contribution in [0.2, 0.25) is 0 Å². The molecule has 0 amide bonds. The van der Waals surface area contributed by atoms with Crippen molar-refractivity contribution in [3.05, 3.63) is 30.0 Å². The molecule has 2 rings (SSSR count). The molecule has 0 aliphatic heterocycles. The highest BCUT2D eigenvalue weighted by Crippen LogP contribution is 2.23. The number of para-hydroxylation sites is 1. The minimum atomic E-state index is 0.521. The molecule has 2 nitrogen and oxygen atoms in total. The third-order valence-corrected chi connectivity index (χ3v) is 4.24. The first-order valence-electron chi connectivity index (χ1n) is 6.22. The van der Waals surface area contributed by atoms with Crippen LogP contribution in [0.25, 0.3) is 10.9 Å². The number of fused-ring (bicyclic) bond motifs is 1. The Kier molecular flexibility index (Phi) is 3.87. The molecule has 1 aromatic carbocycles. The summed E-state index contributed by atoms with van der Waals surface area (Å²) >= 11 is 3.65. The van der Waals surface area contributed by atoms with Gasteiger partial charge in [-0.3, -0.25) is 4.68 Å². The van der Waals surface area contributed by atoms with Crippen LogP contribution in [0, 0.1) is 5.92 Å². The van der Waals surface area contributed by atoms with Gasteiger partial charge in [-0.15, -0.1) is 0 Å². The van der Waals surface area contributed by atoms with E-state index >= 15 is 0 Å². The van der Waals surface area contributed by atoms with Gasteiger partial charge in [0.1, 0.15) is 0 Å². The summed E-state index contributed by atoms with van der Waals surface area (Å²) in [5.41, 5.74) is 2.47. The average Bonchev–Trinajstić information content (AvgIpc) is 2.68. The molecule has 17 heavy (non-hydrogen) atoms. The van der Waals surface area contributed by atoms with Crippen molar-refractivity contribution in [1.29, 1.82) is 0 Å². The Morgan fingerprint density at radius 2 is 2.00 bits per heavy atom. The first kappa shape index (κ1) is 12.6. The minimum absolute atomic E-state index is 0.521. The van der Waals surface area contributed by atoms with Crippen LogP contribution < -0.4 is 0 Å². The quantitative estimate of drug-likeness (QED) is 0.779. The maximum Gasteiger partial charge on any atom is 0.0706 e. The zero-order valence-corrected chi connectivity index (χ0v) is 12.2. The average molecular weight is 295 g/mol. The highest BCUT2D eigenvalue weighted by atomic mass is 79.9. The van der Waals surface area contributed by atoms with E-state index in [1.54, 1.807) is 0 Å². The van der Waals surface area contributed by atoms with Crippen molar-refractivity contribution >= 4 is 26.8 Å². The van der Waals surface area contributed by atoms with E-state index in [-0.39, 0.29) is 0 Å². The summed E-state index contributed by atoms with van der Waals surface area (Å²) in [7, 11) is 0. The zero-order chi connectivity index (χ0) is 12.4. The second kappa shape index (κ2) is 5.21. The van der Waals surface area contributed by atoms with Gasteiger partial charge in [-0.25, -0.2) is 0 Å². The summed E-state index contributed by atoms with van der Waals surface area (Å²) < 4.78 is 2.09. The van der Waals surface area contributed by atoms with Crippen LogP contribution in [0.4, 0.5) is 0 Å². The number of rotatable bonds is 4. The van der Waals surface area contributed by atoms with Crippen molar-refractivity contribution in [2.75, 3.05) is 0 Å². The molecule has 0 radical (unpaired) electrons. The van der Waals surface area contributed by atoms with Gasteiger partial charge in [-0.05, 0) is 25.3 Å². The number of hydrogen-bond donors (Lipinski definition) is 0. The molecular formula is C14H19BrN2. The molecule has 0 aliphatic rings. The summed E-state index contributed by atoms with van der Waals surface area (Å²) in [4.78, 5) is 0.521. The van der Waals surface area contributed by atoms with Crippen LogP contribution in [-0.2, 0) is 13.0 Å². The van der Waals surface area contributed by atoms with Crippen molar-refractivity contribution in [3.8, 4) is 0 Å². The molecule has 1 heterocycles. The van der Waals surface area contributed by atoms with Crippen molar-refractivity contribution in [2.24, 2.45) is 5.92 Å². The lowest BCUT2D eigenvalue weighted by Crippen LogP contribution is -2.10. The Morgan fingerprint density at radius 1 is 1.29 bits per heavy atom. The van der Waals surface area contributed by atoms with E-state index in [1.165, 1.54) is 16.6 Å². The summed E-state index contributed by atoms with van der Waals surface area (Å²) in [5, 5.41) is 6.03. The lowest BCUT2D eigenvalue weighted by atomic mass is 10.0. The molecule has 2 unspecified atom stereocenters. The van der Waals surface area contributed by atoms with Crippen molar-refractivity contribution in [3.63, 3.8) is 0 Å². The number of halogens is 1. The zero-order valence-electron chi connectivity index (χ0n) is 10.7. The van der Waals surface area contributed by atoms with Gasteiger partial charge in [-0.1, -0.05) is 48.0 Å². The highest BCUT2D eigenvalue weighted by molar-refractivity contribution is 9.09. The lowest BCUT2D eigenvalue weighted by molar-refractivity contribution is 0.561. The predicted molar refractivity (Wildman–Crippen MR) is 76.7 cm³/mol. The molecule has 0 N–H and O–H groups in total. The molecule has 0 saturated carbocycles. The van der Waals surface area contributed by atoms with Crippen LogP contribution in [0.3, 0.4) is 0 Å². The molecule has 3 heteroatoms. The van der Waals surface area contributed by atoms with Crippen molar-refractivity contribution in [2.45, 2.75) is 38.6 Å². The smallest absolute Gasteiger partial charge is 0.0706 e. The summed E-state index contributed by atoms with van der Waals surface area (Å²) in [6.07, 6.45) is 1.03. The number of nitrogens with zero attached hydrogens (tertiary/aromatic N) is 2. The van der Waals surface area contributed by atoms with E-state index in [9.17, 15) is 0 Å².